The van der Waals surface area contributed by atoms with Crippen LogP contribution in [0, 0.1) is 10.1 Å². The van der Waals surface area contributed by atoms with E-state index in [1.54, 1.807) is 12.1 Å². The van der Waals surface area contributed by atoms with E-state index in [9.17, 15) is 10.1 Å². The second-order valence-electron chi connectivity index (χ2n) is 3.21. The van der Waals surface area contributed by atoms with E-state index in [1.807, 2.05) is 0 Å². The summed E-state index contributed by atoms with van der Waals surface area (Å²) in [5.74, 6) is 0.227. The van der Waals surface area contributed by atoms with Crippen LogP contribution in [0.3, 0.4) is 0 Å². The van der Waals surface area contributed by atoms with Gasteiger partial charge in [0.25, 0.3) is 0 Å². The molecule has 0 amide bonds. The number of hydrogen-bond acceptors (Lipinski definition) is 6. The summed E-state index contributed by atoms with van der Waals surface area (Å²) in [4.78, 5) is 17.9. The smallest absolute Gasteiger partial charge is 0.311 e. The van der Waals surface area contributed by atoms with Crippen molar-refractivity contribution in [1.82, 2.24) is 9.97 Å². The van der Waals surface area contributed by atoms with Gasteiger partial charge in [-0.25, -0.2) is 4.98 Å². The van der Waals surface area contributed by atoms with Crippen LogP contribution in [0.15, 0.2) is 34.9 Å². The van der Waals surface area contributed by atoms with Crippen LogP contribution in [0.25, 0.3) is 0 Å². The van der Waals surface area contributed by atoms with Crippen LogP contribution in [-0.2, 0) is 0 Å². The number of benzene rings is 1. The minimum Gasteiger partial charge on any atom is -0.430 e. The Balaban J connectivity index is 2.40. The Bertz CT molecular complexity index is 605. The fourth-order valence-electron chi connectivity index (χ4n) is 1.23. The number of para-hydroxylation sites is 2. The SMILES string of the molecule is Nc1ncc(Br)c(Oc2ccccc2[N+](=O)[O-])n1. The highest BCUT2D eigenvalue weighted by Crippen LogP contribution is 2.33. The van der Waals surface area contributed by atoms with Crippen molar-refractivity contribution in [1.29, 1.82) is 0 Å². The van der Waals surface area contributed by atoms with Gasteiger partial charge in [-0.1, -0.05) is 12.1 Å². The number of nitrogen functional groups attached to an aromatic ring is 1. The van der Waals surface area contributed by atoms with Crippen LogP contribution >= 0.6 is 15.9 Å². The van der Waals surface area contributed by atoms with Gasteiger partial charge < -0.3 is 10.5 Å². The number of halogens is 1. The zero-order chi connectivity index (χ0) is 13.1. The lowest BCUT2D eigenvalue weighted by atomic mass is 10.3. The Morgan fingerprint density at radius 1 is 1.39 bits per heavy atom. The van der Waals surface area contributed by atoms with E-state index in [-0.39, 0.29) is 23.3 Å². The fraction of sp³-hybridized carbons (Fsp3) is 0. The third-order valence-corrected chi connectivity index (χ3v) is 2.54. The van der Waals surface area contributed by atoms with Gasteiger partial charge in [-0.15, -0.1) is 0 Å². The molecule has 0 unspecified atom stereocenters. The van der Waals surface area contributed by atoms with Crippen LogP contribution in [0.4, 0.5) is 11.6 Å². The molecule has 2 aromatic rings. The molecular weight excluding hydrogens is 304 g/mol. The van der Waals surface area contributed by atoms with Crippen molar-refractivity contribution in [2.75, 3.05) is 5.73 Å². The normalized spacial score (nSPS) is 10.1. The Labute approximate surface area is 110 Å². The maximum atomic E-state index is 10.8. The van der Waals surface area contributed by atoms with Crippen molar-refractivity contribution >= 4 is 27.6 Å². The lowest BCUT2D eigenvalue weighted by Crippen LogP contribution is -1.99. The molecule has 0 bridgehead atoms. The Morgan fingerprint density at radius 3 is 2.83 bits per heavy atom. The predicted molar refractivity (Wildman–Crippen MR) is 67.3 cm³/mol. The Kier molecular flexibility index (Phi) is 3.38. The van der Waals surface area contributed by atoms with Crippen molar-refractivity contribution in [2.24, 2.45) is 0 Å². The highest BCUT2D eigenvalue weighted by atomic mass is 79.9. The number of anilines is 1. The first-order valence-corrected chi connectivity index (χ1v) is 5.56. The predicted octanol–water partition coefficient (Wildman–Crippen LogP) is 2.52. The maximum Gasteiger partial charge on any atom is 0.311 e. The molecule has 0 saturated carbocycles. The summed E-state index contributed by atoms with van der Waals surface area (Å²) in [6.45, 7) is 0. The number of ether oxygens (including phenoxy) is 1. The molecule has 18 heavy (non-hydrogen) atoms. The first-order valence-electron chi connectivity index (χ1n) is 4.77. The van der Waals surface area contributed by atoms with E-state index in [0.29, 0.717) is 4.47 Å². The van der Waals surface area contributed by atoms with Gasteiger partial charge in [0.1, 0.15) is 0 Å². The van der Waals surface area contributed by atoms with Crippen molar-refractivity contribution in [3.8, 4) is 11.6 Å². The molecule has 0 aliphatic rings. The number of nitro groups is 1. The number of nitro benzene ring substituents is 1. The lowest BCUT2D eigenvalue weighted by molar-refractivity contribution is -0.385. The fourth-order valence-corrected chi connectivity index (χ4v) is 1.51. The number of rotatable bonds is 3. The zero-order valence-corrected chi connectivity index (χ0v) is 10.5. The monoisotopic (exact) mass is 310 g/mol. The molecule has 0 saturated heterocycles. The topological polar surface area (TPSA) is 104 Å². The van der Waals surface area contributed by atoms with Gasteiger partial charge in [0.2, 0.25) is 17.6 Å². The van der Waals surface area contributed by atoms with Crippen molar-refractivity contribution in [3.05, 3.63) is 45.0 Å². The third kappa shape index (κ3) is 2.54. The molecule has 0 aliphatic heterocycles. The molecular formula is C10H7BrN4O3. The minimum atomic E-state index is -0.534. The molecule has 1 heterocycles. The first-order chi connectivity index (χ1) is 8.58. The molecule has 1 aromatic carbocycles. The Hall–Kier alpha value is -2.22. The van der Waals surface area contributed by atoms with Crippen LogP contribution in [0.1, 0.15) is 0 Å². The molecule has 2 N–H and O–H groups in total. The molecule has 8 heteroatoms. The number of nitrogens with two attached hydrogens (primary N) is 1. The summed E-state index contributed by atoms with van der Waals surface area (Å²) in [5.41, 5.74) is 5.27. The van der Waals surface area contributed by atoms with Gasteiger partial charge in [-0.3, -0.25) is 10.1 Å². The Morgan fingerprint density at radius 2 is 2.11 bits per heavy atom. The van der Waals surface area contributed by atoms with E-state index >= 15 is 0 Å². The summed E-state index contributed by atoms with van der Waals surface area (Å²) in [6, 6.07) is 5.99. The van der Waals surface area contributed by atoms with Crippen LogP contribution in [-0.4, -0.2) is 14.9 Å². The number of hydrogen-bond donors (Lipinski definition) is 1. The summed E-state index contributed by atoms with van der Waals surface area (Å²) in [6.07, 6.45) is 1.41. The van der Waals surface area contributed by atoms with Crippen LogP contribution in [0.5, 0.6) is 11.6 Å². The lowest BCUT2D eigenvalue weighted by Gasteiger charge is -2.06. The largest absolute Gasteiger partial charge is 0.430 e. The first kappa shape index (κ1) is 12.2. The van der Waals surface area contributed by atoms with E-state index in [1.165, 1.54) is 18.3 Å². The molecule has 0 radical (unpaired) electrons. The maximum absolute atomic E-state index is 10.8. The van der Waals surface area contributed by atoms with E-state index in [0.717, 1.165) is 0 Å². The summed E-state index contributed by atoms with van der Waals surface area (Å²) in [7, 11) is 0. The molecule has 0 fully saturated rings. The van der Waals surface area contributed by atoms with Crippen molar-refractivity contribution in [3.63, 3.8) is 0 Å². The van der Waals surface area contributed by atoms with Gasteiger partial charge in [0, 0.05) is 6.07 Å². The van der Waals surface area contributed by atoms with E-state index in [2.05, 4.69) is 25.9 Å². The molecule has 2 rings (SSSR count). The second-order valence-corrected chi connectivity index (χ2v) is 4.06. The highest BCUT2D eigenvalue weighted by molar-refractivity contribution is 9.10. The van der Waals surface area contributed by atoms with Gasteiger partial charge in [0.05, 0.1) is 15.6 Å². The average molecular weight is 311 g/mol. The summed E-state index contributed by atoms with van der Waals surface area (Å²) >= 11 is 3.17. The van der Waals surface area contributed by atoms with Gasteiger partial charge in [-0.2, -0.15) is 4.98 Å². The van der Waals surface area contributed by atoms with Crippen molar-refractivity contribution < 1.29 is 9.66 Å². The minimum absolute atomic E-state index is 0.0202. The van der Waals surface area contributed by atoms with E-state index in [4.69, 9.17) is 10.5 Å². The second kappa shape index (κ2) is 4.96. The number of nitrogens with zero attached hydrogens (tertiary/aromatic N) is 3. The third-order valence-electron chi connectivity index (χ3n) is 2.00. The van der Waals surface area contributed by atoms with Gasteiger partial charge in [-0.05, 0) is 22.0 Å². The summed E-state index contributed by atoms with van der Waals surface area (Å²) < 4.78 is 5.82. The van der Waals surface area contributed by atoms with Crippen LogP contribution < -0.4 is 10.5 Å². The zero-order valence-electron chi connectivity index (χ0n) is 8.91. The van der Waals surface area contributed by atoms with Gasteiger partial charge in [0.15, 0.2) is 0 Å². The highest BCUT2D eigenvalue weighted by Gasteiger charge is 2.16. The number of aromatic nitrogens is 2. The van der Waals surface area contributed by atoms with Crippen molar-refractivity contribution in [2.45, 2.75) is 0 Å². The molecule has 0 atom stereocenters. The van der Waals surface area contributed by atoms with Gasteiger partial charge >= 0.3 is 5.69 Å². The molecule has 92 valence electrons. The van der Waals surface area contributed by atoms with E-state index < -0.39 is 4.92 Å². The molecule has 0 aliphatic carbocycles. The quantitative estimate of drug-likeness (QED) is 0.690. The molecule has 7 nitrogen and oxygen atoms in total. The summed E-state index contributed by atoms with van der Waals surface area (Å²) in [5, 5.41) is 10.8. The average Bonchev–Trinajstić information content (AvgIpc) is 2.34. The molecule has 0 spiro atoms. The standard InChI is InChI=1S/C10H7BrN4O3/c11-6-5-13-10(12)14-9(6)18-8-4-2-1-3-7(8)15(16)17/h1-5H,(H2,12,13,14). The van der Waals surface area contributed by atoms with Crippen LogP contribution in [0.2, 0.25) is 0 Å². The molecule has 1 aromatic heterocycles.